The number of hydrogen-bond donors (Lipinski definition) is 2. The summed E-state index contributed by atoms with van der Waals surface area (Å²) in [5, 5.41) is 0. The van der Waals surface area contributed by atoms with Gasteiger partial charge < -0.3 is 18.9 Å². The number of benzene rings is 1. The lowest BCUT2D eigenvalue weighted by Gasteiger charge is -2.18. The second kappa shape index (κ2) is 8.71. The average molecular weight is 270 g/mol. The van der Waals surface area contributed by atoms with Gasteiger partial charge in [0.2, 0.25) is 0 Å². The molecule has 0 radical (unpaired) electrons. The third-order valence-electron chi connectivity index (χ3n) is 2.69. The lowest BCUT2D eigenvalue weighted by atomic mass is 10.1. The van der Waals surface area contributed by atoms with Gasteiger partial charge in [-0.3, -0.25) is 11.3 Å². The molecule has 0 saturated carbocycles. The van der Waals surface area contributed by atoms with Gasteiger partial charge in [-0.05, 0) is 17.7 Å². The normalized spacial score (nSPS) is 12.2. The molecule has 0 aliphatic heterocycles. The molecule has 3 N–H and O–H groups in total. The zero-order valence-electron chi connectivity index (χ0n) is 11.6. The average Bonchev–Trinajstić information content (AvgIpc) is 2.46. The molecule has 0 aliphatic rings. The molecule has 0 amide bonds. The van der Waals surface area contributed by atoms with E-state index in [9.17, 15) is 0 Å². The predicted octanol–water partition coefficient (Wildman–Crippen LogP) is 0.871. The quantitative estimate of drug-likeness (QED) is 0.394. The van der Waals surface area contributed by atoms with Gasteiger partial charge >= 0.3 is 0 Å². The van der Waals surface area contributed by atoms with Gasteiger partial charge in [-0.1, -0.05) is 0 Å². The molecule has 0 aliphatic carbocycles. The molecule has 0 bridgehead atoms. The molecule has 0 spiro atoms. The Bertz CT molecular complexity index is 351. The molecular weight excluding hydrogens is 248 g/mol. The smallest absolute Gasteiger partial charge is 0.122 e. The van der Waals surface area contributed by atoms with E-state index in [2.05, 4.69) is 5.43 Å². The fourth-order valence-corrected chi connectivity index (χ4v) is 1.61. The highest BCUT2D eigenvalue weighted by molar-refractivity contribution is 5.39. The van der Waals surface area contributed by atoms with Crippen LogP contribution in [-0.4, -0.2) is 41.2 Å². The van der Waals surface area contributed by atoms with Crippen LogP contribution in [0.5, 0.6) is 11.5 Å². The lowest BCUT2D eigenvalue weighted by molar-refractivity contribution is 0.0585. The molecule has 0 saturated heterocycles. The van der Waals surface area contributed by atoms with Crippen molar-refractivity contribution in [2.45, 2.75) is 6.04 Å². The van der Waals surface area contributed by atoms with Gasteiger partial charge in [0.1, 0.15) is 11.5 Å². The van der Waals surface area contributed by atoms with Gasteiger partial charge in [0, 0.05) is 13.2 Å². The number of nitrogens with two attached hydrogens (primary N) is 1. The number of hydrazine groups is 1. The van der Waals surface area contributed by atoms with Crippen molar-refractivity contribution in [1.82, 2.24) is 5.43 Å². The standard InChI is InChI=1S/C13H22N2O4/c1-16-4-5-19-9-13(15-14)10-6-11(17-2)8-12(7-10)18-3/h6-8,13,15H,4-5,9,14H2,1-3H3. The van der Waals surface area contributed by atoms with Crippen LogP contribution in [0.2, 0.25) is 0 Å². The van der Waals surface area contributed by atoms with E-state index in [4.69, 9.17) is 24.8 Å². The van der Waals surface area contributed by atoms with Gasteiger partial charge in [0.15, 0.2) is 0 Å². The van der Waals surface area contributed by atoms with Crippen LogP contribution in [0.4, 0.5) is 0 Å². The summed E-state index contributed by atoms with van der Waals surface area (Å²) >= 11 is 0. The minimum atomic E-state index is -0.138. The highest BCUT2D eigenvalue weighted by atomic mass is 16.5. The van der Waals surface area contributed by atoms with E-state index < -0.39 is 0 Å². The fraction of sp³-hybridized carbons (Fsp3) is 0.538. The van der Waals surface area contributed by atoms with Crippen molar-refractivity contribution >= 4 is 0 Å². The van der Waals surface area contributed by atoms with Gasteiger partial charge in [-0.25, -0.2) is 0 Å². The van der Waals surface area contributed by atoms with Crippen LogP contribution in [-0.2, 0) is 9.47 Å². The molecule has 1 unspecified atom stereocenters. The van der Waals surface area contributed by atoms with E-state index in [0.717, 1.165) is 5.56 Å². The number of ether oxygens (including phenoxy) is 4. The number of nitrogens with one attached hydrogen (secondary N) is 1. The monoisotopic (exact) mass is 270 g/mol. The van der Waals surface area contributed by atoms with E-state index in [1.165, 1.54) is 0 Å². The van der Waals surface area contributed by atoms with Crippen molar-refractivity contribution in [3.05, 3.63) is 23.8 Å². The summed E-state index contributed by atoms with van der Waals surface area (Å²) in [4.78, 5) is 0. The molecule has 6 heteroatoms. The maximum Gasteiger partial charge on any atom is 0.122 e. The zero-order chi connectivity index (χ0) is 14.1. The first-order valence-electron chi connectivity index (χ1n) is 6.01. The summed E-state index contributed by atoms with van der Waals surface area (Å²) in [5.41, 5.74) is 3.66. The first-order valence-corrected chi connectivity index (χ1v) is 6.01. The Hall–Kier alpha value is -1.34. The Kier molecular flexibility index (Phi) is 7.20. The minimum absolute atomic E-state index is 0.138. The largest absolute Gasteiger partial charge is 0.497 e. The molecule has 1 aromatic rings. The van der Waals surface area contributed by atoms with Crippen molar-refractivity contribution in [2.75, 3.05) is 41.2 Å². The van der Waals surface area contributed by atoms with Crippen molar-refractivity contribution in [2.24, 2.45) is 5.84 Å². The van der Waals surface area contributed by atoms with Gasteiger partial charge in [0.05, 0.1) is 40.1 Å². The molecule has 6 nitrogen and oxygen atoms in total. The van der Waals surface area contributed by atoms with E-state index in [0.29, 0.717) is 31.3 Å². The van der Waals surface area contributed by atoms with Crippen LogP contribution >= 0.6 is 0 Å². The molecule has 0 heterocycles. The molecule has 1 rings (SSSR count). The van der Waals surface area contributed by atoms with Gasteiger partial charge in [-0.2, -0.15) is 0 Å². The first kappa shape index (κ1) is 15.7. The second-order valence-electron chi connectivity index (χ2n) is 3.93. The SMILES string of the molecule is COCCOCC(NN)c1cc(OC)cc(OC)c1. The van der Waals surface area contributed by atoms with Crippen molar-refractivity contribution in [3.8, 4) is 11.5 Å². The molecule has 0 fully saturated rings. The van der Waals surface area contributed by atoms with Crippen LogP contribution < -0.4 is 20.7 Å². The second-order valence-corrected chi connectivity index (χ2v) is 3.93. The van der Waals surface area contributed by atoms with Crippen LogP contribution in [0.25, 0.3) is 0 Å². The fourth-order valence-electron chi connectivity index (χ4n) is 1.61. The van der Waals surface area contributed by atoms with Crippen LogP contribution in [0.3, 0.4) is 0 Å². The van der Waals surface area contributed by atoms with Gasteiger partial charge in [-0.15, -0.1) is 0 Å². The summed E-state index contributed by atoms with van der Waals surface area (Å²) < 4.78 is 20.9. The van der Waals surface area contributed by atoms with Gasteiger partial charge in [0.25, 0.3) is 0 Å². The van der Waals surface area contributed by atoms with Crippen molar-refractivity contribution in [3.63, 3.8) is 0 Å². The van der Waals surface area contributed by atoms with E-state index in [-0.39, 0.29) is 6.04 Å². The van der Waals surface area contributed by atoms with E-state index >= 15 is 0 Å². The molecule has 19 heavy (non-hydrogen) atoms. The van der Waals surface area contributed by atoms with Crippen LogP contribution in [0.1, 0.15) is 11.6 Å². The van der Waals surface area contributed by atoms with Crippen LogP contribution in [0, 0.1) is 0 Å². The molecule has 0 aromatic heterocycles. The third kappa shape index (κ3) is 5.04. The zero-order valence-corrected chi connectivity index (χ0v) is 11.6. The molecular formula is C13H22N2O4. The Labute approximate surface area is 113 Å². The Morgan fingerprint density at radius 2 is 1.68 bits per heavy atom. The summed E-state index contributed by atoms with van der Waals surface area (Å²) in [6.45, 7) is 1.52. The van der Waals surface area contributed by atoms with Crippen molar-refractivity contribution in [1.29, 1.82) is 0 Å². The third-order valence-corrected chi connectivity index (χ3v) is 2.69. The number of rotatable bonds is 9. The Morgan fingerprint density at radius 1 is 1.05 bits per heavy atom. The Balaban J connectivity index is 2.73. The Morgan fingerprint density at radius 3 is 2.16 bits per heavy atom. The maximum atomic E-state index is 5.56. The summed E-state index contributed by atoms with van der Waals surface area (Å²) in [5.74, 6) is 6.99. The summed E-state index contributed by atoms with van der Waals surface area (Å²) in [6.07, 6.45) is 0. The molecule has 1 atom stereocenters. The van der Waals surface area contributed by atoms with Crippen LogP contribution in [0.15, 0.2) is 18.2 Å². The highest BCUT2D eigenvalue weighted by Crippen LogP contribution is 2.26. The number of methoxy groups -OCH3 is 3. The topological polar surface area (TPSA) is 75.0 Å². The van der Waals surface area contributed by atoms with E-state index in [1.54, 1.807) is 21.3 Å². The minimum Gasteiger partial charge on any atom is -0.497 e. The molecule has 1 aromatic carbocycles. The lowest BCUT2D eigenvalue weighted by Crippen LogP contribution is -2.31. The highest BCUT2D eigenvalue weighted by Gasteiger charge is 2.12. The molecule has 108 valence electrons. The predicted molar refractivity (Wildman–Crippen MR) is 72.3 cm³/mol. The van der Waals surface area contributed by atoms with Crippen molar-refractivity contribution < 1.29 is 18.9 Å². The van der Waals surface area contributed by atoms with E-state index in [1.807, 2.05) is 18.2 Å². The number of hydrogen-bond acceptors (Lipinski definition) is 6. The summed E-state index contributed by atoms with van der Waals surface area (Å²) in [6, 6.07) is 5.46. The summed E-state index contributed by atoms with van der Waals surface area (Å²) in [7, 11) is 4.85. The maximum absolute atomic E-state index is 5.56. The first-order chi connectivity index (χ1) is 9.24.